The molecule has 0 N–H and O–H groups in total. The molecule has 7 heteroatoms. The van der Waals surface area contributed by atoms with Gasteiger partial charge in [-0.05, 0) is 29.8 Å². The molecule has 0 saturated heterocycles. The molecular formula is C11H5ClF4N2. The van der Waals surface area contributed by atoms with Gasteiger partial charge in [-0.15, -0.1) is 0 Å². The van der Waals surface area contributed by atoms with Crippen LogP contribution in [-0.4, -0.2) is 9.97 Å². The van der Waals surface area contributed by atoms with E-state index in [2.05, 4.69) is 9.97 Å². The minimum Gasteiger partial charge on any atom is -0.226 e. The summed E-state index contributed by atoms with van der Waals surface area (Å²) < 4.78 is 51.0. The van der Waals surface area contributed by atoms with Gasteiger partial charge < -0.3 is 0 Å². The van der Waals surface area contributed by atoms with Crippen LogP contribution in [0.4, 0.5) is 17.6 Å². The third kappa shape index (κ3) is 2.59. The van der Waals surface area contributed by atoms with Crippen LogP contribution in [0.3, 0.4) is 0 Å². The molecule has 1 aromatic heterocycles. The molecule has 1 heterocycles. The highest BCUT2D eigenvalue weighted by atomic mass is 35.5. The first-order valence-electron chi connectivity index (χ1n) is 4.72. The lowest BCUT2D eigenvalue weighted by Gasteiger charge is -2.09. The molecule has 1 aromatic carbocycles. The van der Waals surface area contributed by atoms with Crippen LogP contribution in [0.15, 0.2) is 30.6 Å². The van der Waals surface area contributed by atoms with Gasteiger partial charge in [-0.1, -0.05) is 0 Å². The topological polar surface area (TPSA) is 25.8 Å². The molecule has 0 bridgehead atoms. The first kappa shape index (κ1) is 12.8. The second-order valence-electron chi connectivity index (χ2n) is 3.43. The van der Waals surface area contributed by atoms with E-state index in [9.17, 15) is 17.6 Å². The highest BCUT2D eigenvalue weighted by Gasteiger charge is 2.31. The lowest BCUT2D eigenvalue weighted by atomic mass is 10.0. The predicted octanol–water partition coefficient (Wildman–Crippen LogP) is 3.95. The Kier molecular flexibility index (Phi) is 3.21. The number of alkyl halides is 3. The molecule has 2 aromatic rings. The molecule has 0 unspecified atom stereocenters. The normalized spacial score (nSPS) is 11.6. The quantitative estimate of drug-likeness (QED) is 0.582. The van der Waals surface area contributed by atoms with Gasteiger partial charge in [0.25, 0.3) is 0 Å². The van der Waals surface area contributed by atoms with Gasteiger partial charge in [-0.25, -0.2) is 14.4 Å². The van der Waals surface area contributed by atoms with Crippen molar-refractivity contribution in [3.05, 3.63) is 47.3 Å². The molecule has 0 radical (unpaired) electrons. The molecule has 0 aliphatic rings. The summed E-state index contributed by atoms with van der Waals surface area (Å²) in [5.74, 6) is -0.783. The summed E-state index contributed by atoms with van der Waals surface area (Å²) in [7, 11) is 0. The van der Waals surface area contributed by atoms with Crippen molar-refractivity contribution in [2.24, 2.45) is 0 Å². The molecule has 18 heavy (non-hydrogen) atoms. The van der Waals surface area contributed by atoms with Gasteiger partial charge in [0.15, 0.2) is 0 Å². The van der Waals surface area contributed by atoms with Crippen LogP contribution >= 0.6 is 11.6 Å². The second kappa shape index (κ2) is 4.53. The fraction of sp³-hybridized carbons (Fsp3) is 0.0909. The maximum Gasteiger partial charge on any atom is 0.416 e. The van der Waals surface area contributed by atoms with Crippen molar-refractivity contribution < 1.29 is 17.6 Å². The minimum absolute atomic E-state index is 0.0638. The Balaban J connectivity index is 2.53. The van der Waals surface area contributed by atoms with Gasteiger partial charge in [-0.3, -0.25) is 0 Å². The number of rotatable bonds is 1. The van der Waals surface area contributed by atoms with Crippen molar-refractivity contribution in [1.29, 1.82) is 0 Å². The molecule has 0 saturated carbocycles. The fourth-order valence-electron chi connectivity index (χ4n) is 1.37. The van der Waals surface area contributed by atoms with Gasteiger partial charge in [0.05, 0.1) is 5.56 Å². The maximum atomic E-state index is 13.5. The summed E-state index contributed by atoms with van der Waals surface area (Å²) in [5.41, 5.74) is -1.03. The smallest absolute Gasteiger partial charge is 0.226 e. The van der Waals surface area contributed by atoms with E-state index in [-0.39, 0.29) is 16.4 Å². The zero-order chi connectivity index (χ0) is 13.3. The van der Waals surface area contributed by atoms with Crippen LogP contribution in [0.5, 0.6) is 0 Å². The summed E-state index contributed by atoms with van der Waals surface area (Å²) in [4.78, 5) is 7.19. The van der Waals surface area contributed by atoms with E-state index in [1.165, 1.54) is 0 Å². The average Bonchev–Trinajstić information content (AvgIpc) is 2.29. The lowest BCUT2D eigenvalue weighted by molar-refractivity contribution is -0.137. The van der Waals surface area contributed by atoms with E-state index >= 15 is 0 Å². The van der Waals surface area contributed by atoms with Crippen molar-refractivity contribution in [1.82, 2.24) is 9.97 Å². The predicted molar refractivity (Wildman–Crippen MR) is 57.4 cm³/mol. The summed E-state index contributed by atoms with van der Waals surface area (Å²) in [6, 6.07) is 2.14. The molecule has 2 nitrogen and oxygen atoms in total. The minimum atomic E-state index is -4.53. The number of halogens is 5. The number of aromatic nitrogens is 2. The number of hydrogen-bond donors (Lipinski definition) is 0. The highest BCUT2D eigenvalue weighted by Crippen LogP contribution is 2.33. The zero-order valence-electron chi connectivity index (χ0n) is 8.67. The number of hydrogen-bond acceptors (Lipinski definition) is 2. The van der Waals surface area contributed by atoms with Crippen molar-refractivity contribution in [2.45, 2.75) is 6.18 Å². The first-order chi connectivity index (χ1) is 8.38. The van der Waals surface area contributed by atoms with E-state index < -0.39 is 17.6 Å². The van der Waals surface area contributed by atoms with Crippen LogP contribution < -0.4 is 0 Å². The Labute approximate surface area is 104 Å². The molecule has 94 valence electrons. The number of nitrogens with zero attached hydrogens (tertiary/aromatic N) is 2. The Hall–Kier alpha value is -1.69. The Morgan fingerprint density at radius 3 is 2.22 bits per heavy atom. The molecular weight excluding hydrogens is 272 g/mol. The van der Waals surface area contributed by atoms with Gasteiger partial charge in [0.1, 0.15) is 5.82 Å². The third-order valence-electron chi connectivity index (χ3n) is 2.23. The fourth-order valence-corrected chi connectivity index (χ4v) is 1.47. The van der Waals surface area contributed by atoms with Gasteiger partial charge in [0.2, 0.25) is 5.28 Å². The van der Waals surface area contributed by atoms with Crippen molar-refractivity contribution in [2.75, 3.05) is 0 Å². The Morgan fingerprint density at radius 2 is 1.67 bits per heavy atom. The summed E-state index contributed by atoms with van der Waals surface area (Å²) >= 11 is 5.45. The molecule has 0 fully saturated rings. The van der Waals surface area contributed by atoms with E-state index in [0.717, 1.165) is 18.5 Å². The lowest BCUT2D eigenvalue weighted by Crippen LogP contribution is -2.05. The van der Waals surface area contributed by atoms with Crippen LogP contribution in [0.25, 0.3) is 11.1 Å². The standard InChI is InChI=1S/C11H5ClF4N2/c12-10-17-4-6(5-18-10)8-3-7(11(14,15)16)1-2-9(8)13/h1-5H. The Bertz CT molecular complexity index is 566. The molecule has 0 aliphatic carbocycles. The molecule has 0 spiro atoms. The van der Waals surface area contributed by atoms with Gasteiger partial charge in [-0.2, -0.15) is 13.2 Å². The van der Waals surface area contributed by atoms with Crippen molar-refractivity contribution in [3.63, 3.8) is 0 Å². The van der Waals surface area contributed by atoms with E-state index in [0.29, 0.717) is 12.1 Å². The summed E-state index contributed by atoms with van der Waals surface area (Å²) in [6.45, 7) is 0. The maximum absolute atomic E-state index is 13.5. The van der Waals surface area contributed by atoms with E-state index in [1.54, 1.807) is 0 Å². The van der Waals surface area contributed by atoms with Gasteiger partial charge >= 0.3 is 6.18 Å². The summed E-state index contributed by atoms with van der Waals surface area (Å²) in [5, 5.41) is -0.0638. The summed E-state index contributed by atoms with van der Waals surface area (Å²) in [6.07, 6.45) is -2.21. The van der Waals surface area contributed by atoms with E-state index in [4.69, 9.17) is 11.6 Å². The van der Waals surface area contributed by atoms with Crippen molar-refractivity contribution >= 4 is 11.6 Å². The average molecular weight is 277 g/mol. The van der Waals surface area contributed by atoms with E-state index in [1.807, 2.05) is 0 Å². The van der Waals surface area contributed by atoms with Crippen LogP contribution in [-0.2, 0) is 6.18 Å². The van der Waals surface area contributed by atoms with Crippen LogP contribution in [0.1, 0.15) is 5.56 Å². The van der Waals surface area contributed by atoms with Crippen molar-refractivity contribution in [3.8, 4) is 11.1 Å². The third-order valence-corrected chi connectivity index (χ3v) is 2.42. The Morgan fingerprint density at radius 1 is 1.06 bits per heavy atom. The first-order valence-corrected chi connectivity index (χ1v) is 5.10. The monoisotopic (exact) mass is 276 g/mol. The molecule has 2 rings (SSSR count). The van der Waals surface area contributed by atoms with Crippen LogP contribution in [0.2, 0.25) is 5.28 Å². The number of benzene rings is 1. The largest absolute Gasteiger partial charge is 0.416 e. The van der Waals surface area contributed by atoms with Crippen LogP contribution in [0, 0.1) is 5.82 Å². The second-order valence-corrected chi connectivity index (χ2v) is 3.77. The SMILES string of the molecule is Fc1ccc(C(F)(F)F)cc1-c1cnc(Cl)nc1. The zero-order valence-corrected chi connectivity index (χ0v) is 9.43. The molecule has 0 amide bonds. The highest BCUT2D eigenvalue weighted by molar-refractivity contribution is 6.28. The molecule has 0 aliphatic heterocycles. The molecule has 0 atom stereocenters. The van der Waals surface area contributed by atoms with Gasteiger partial charge in [0, 0.05) is 23.5 Å².